The smallest absolute Gasteiger partial charge is 0.254 e. The van der Waals surface area contributed by atoms with Crippen molar-refractivity contribution in [1.29, 1.82) is 0 Å². The van der Waals surface area contributed by atoms with E-state index >= 15 is 0 Å². The molecule has 0 bridgehead atoms. The Balaban J connectivity index is 2.44. The molecule has 0 radical (unpaired) electrons. The molecule has 1 amide bonds. The first-order chi connectivity index (χ1) is 8.56. The molecule has 0 aliphatic rings. The van der Waals surface area contributed by atoms with Gasteiger partial charge in [-0.25, -0.2) is 8.78 Å². The summed E-state index contributed by atoms with van der Waals surface area (Å²) >= 11 is 0. The lowest BCUT2D eigenvalue weighted by molar-refractivity contribution is 0.0947. The van der Waals surface area contributed by atoms with Crippen molar-refractivity contribution < 1.29 is 18.7 Å². The number of carbonyl (C=O) groups is 1. The molecule has 0 aliphatic heterocycles. The van der Waals surface area contributed by atoms with E-state index < -0.39 is 17.5 Å². The number of nitrogens with one attached hydrogen (secondary N) is 1. The van der Waals surface area contributed by atoms with Gasteiger partial charge in [-0.1, -0.05) is 13.0 Å². The summed E-state index contributed by atoms with van der Waals surface area (Å²) in [6, 6.07) is 3.50. The minimum atomic E-state index is -1.13. The van der Waals surface area contributed by atoms with E-state index in [1.165, 1.54) is 12.1 Å². The number of benzene rings is 1. The topological polar surface area (TPSA) is 49.3 Å². The maximum absolute atomic E-state index is 13.3. The molecule has 5 heteroatoms. The van der Waals surface area contributed by atoms with Crippen LogP contribution in [0.1, 0.15) is 30.1 Å². The molecule has 100 valence electrons. The summed E-state index contributed by atoms with van der Waals surface area (Å²) in [6.45, 7) is 2.37. The number of hydrogen-bond donors (Lipinski definition) is 2. The number of rotatable bonds is 6. The van der Waals surface area contributed by atoms with E-state index in [1.54, 1.807) is 0 Å². The maximum atomic E-state index is 13.3. The van der Waals surface area contributed by atoms with Gasteiger partial charge in [0.15, 0.2) is 11.6 Å². The molecule has 0 fully saturated rings. The Morgan fingerprint density at radius 3 is 2.83 bits per heavy atom. The number of amides is 1. The molecular weight excluding hydrogens is 240 g/mol. The zero-order valence-electron chi connectivity index (χ0n) is 10.2. The number of carbonyl (C=O) groups excluding carboxylic acids is 1. The van der Waals surface area contributed by atoms with Crippen molar-refractivity contribution in [2.24, 2.45) is 5.92 Å². The van der Waals surface area contributed by atoms with Crippen LogP contribution < -0.4 is 5.32 Å². The van der Waals surface area contributed by atoms with Crippen molar-refractivity contribution in [1.82, 2.24) is 5.32 Å². The summed E-state index contributed by atoms with van der Waals surface area (Å²) in [5.41, 5.74) is -0.287. The van der Waals surface area contributed by atoms with Crippen LogP contribution in [0.25, 0.3) is 0 Å². The van der Waals surface area contributed by atoms with Crippen LogP contribution in [0.4, 0.5) is 8.78 Å². The van der Waals surface area contributed by atoms with E-state index in [9.17, 15) is 13.6 Å². The fourth-order valence-corrected chi connectivity index (χ4v) is 1.52. The Morgan fingerprint density at radius 2 is 2.17 bits per heavy atom. The molecule has 0 heterocycles. The molecule has 0 spiro atoms. The van der Waals surface area contributed by atoms with Crippen LogP contribution in [0.2, 0.25) is 0 Å². The lowest BCUT2D eigenvalue weighted by atomic mass is 10.1. The van der Waals surface area contributed by atoms with Gasteiger partial charge in [0.2, 0.25) is 0 Å². The van der Waals surface area contributed by atoms with Crippen molar-refractivity contribution >= 4 is 5.91 Å². The summed E-state index contributed by atoms with van der Waals surface area (Å²) in [6.07, 6.45) is 1.45. The normalized spacial score (nSPS) is 12.2. The van der Waals surface area contributed by atoms with Crippen LogP contribution in [0, 0.1) is 17.6 Å². The fourth-order valence-electron chi connectivity index (χ4n) is 1.52. The van der Waals surface area contributed by atoms with Gasteiger partial charge in [-0.05, 0) is 30.9 Å². The summed E-state index contributed by atoms with van der Waals surface area (Å²) in [4.78, 5) is 11.6. The summed E-state index contributed by atoms with van der Waals surface area (Å²) < 4.78 is 26.2. The highest BCUT2D eigenvalue weighted by Gasteiger charge is 2.14. The Kier molecular flexibility index (Phi) is 5.71. The van der Waals surface area contributed by atoms with Crippen molar-refractivity contribution in [3.8, 4) is 0 Å². The molecule has 18 heavy (non-hydrogen) atoms. The van der Waals surface area contributed by atoms with Crippen LogP contribution in [0.3, 0.4) is 0 Å². The first-order valence-electron chi connectivity index (χ1n) is 5.89. The maximum Gasteiger partial charge on any atom is 0.254 e. The van der Waals surface area contributed by atoms with Gasteiger partial charge < -0.3 is 10.4 Å². The Morgan fingerprint density at radius 1 is 1.44 bits per heavy atom. The largest absolute Gasteiger partial charge is 0.396 e. The van der Waals surface area contributed by atoms with Crippen LogP contribution in [0.5, 0.6) is 0 Å². The molecule has 0 aliphatic carbocycles. The number of aliphatic hydroxyl groups excluding tert-OH is 1. The van der Waals surface area contributed by atoms with Crippen molar-refractivity contribution in [3.63, 3.8) is 0 Å². The minimum Gasteiger partial charge on any atom is -0.396 e. The van der Waals surface area contributed by atoms with Crippen LogP contribution >= 0.6 is 0 Å². The predicted octanol–water partition coefficient (Wildman–Crippen LogP) is 2.10. The molecule has 3 nitrogen and oxygen atoms in total. The van der Waals surface area contributed by atoms with E-state index in [0.29, 0.717) is 13.0 Å². The SMILES string of the molecule is CC(CO)CCCNC(=O)c1cccc(F)c1F. The van der Waals surface area contributed by atoms with E-state index in [0.717, 1.165) is 12.5 Å². The second kappa shape index (κ2) is 7.06. The van der Waals surface area contributed by atoms with Gasteiger partial charge in [-0.2, -0.15) is 0 Å². The molecule has 0 saturated carbocycles. The van der Waals surface area contributed by atoms with E-state index in [1.807, 2.05) is 6.92 Å². The zero-order chi connectivity index (χ0) is 13.5. The average Bonchev–Trinajstić information content (AvgIpc) is 2.37. The standard InChI is InChI=1S/C13H17F2NO2/c1-9(8-17)4-3-7-16-13(18)10-5-2-6-11(14)12(10)15/h2,5-6,9,17H,3-4,7-8H2,1H3,(H,16,18). The van der Waals surface area contributed by atoms with Crippen molar-refractivity contribution in [3.05, 3.63) is 35.4 Å². The van der Waals surface area contributed by atoms with Gasteiger partial charge in [0.1, 0.15) is 0 Å². The van der Waals surface area contributed by atoms with E-state index in [-0.39, 0.29) is 18.1 Å². The predicted molar refractivity (Wildman–Crippen MR) is 64.2 cm³/mol. The number of halogens is 2. The second-order valence-electron chi connectivity index (χ2n) is 4.29. The van der Waals surface area contributed by atoms with Crippen LogP contribution in [-0.4, -0.2) is 24.2 Å². The van der Waals surface area contributed by atoms with Gasteiger partial charge in [0, 0.05) is 13.2 Å². The molecule has 1 rings (SSSR count). The molecule has 0 aromatic heterocycles. The molecule has 1 unspecified atom stereocenters. The Labute approximate surface area is 105 Å². The molecule has 1 aromatic rings. The summed E-state index contributed by atoms with van der Waals surface area (Å²) in [5.74, 6) is -2.60. The first kappa shape index (κ1) is 14.6. The van der Waals surface area contributed by atoms with Crippen molar-refractivity contribution in [2.75, 3.05) is 13.2 Å². The molecule has 2 N–H and O–H groups in total. The lowest BCUT2D eigenvalue weighted by Crippen LogP contribution is -2.26. The second-order valence-corrected chi connectivity index (χ2v) is 4.29. The van der Waals surface area contributed by atoms with Gasteiger partial charge in [-0.3, -0.25) is 4.79 Å². The third kappa shape index (κ3) is 4.07. The third-order valence-electron chi connectivity index (χ3n) is 2.67. The van der Waals surface area contributed by atoms with E-state index in [4.69, 9.17) is 5.11 Å². The highest BCUT2D eigenvalue weighted by atomic mass is 19.2. The highest BCUT2D eigenvalue weighted by Crippen LogP contribution is 2.11. The molecule has 1 aromatic carbocycles. The van der Waals surface area contributed by atoms with E-state index in [2.05, 4.69) is 5.32 Å². The first-order valence-corrected chi connectivity index (χ1v) is 5.89. The molecule has 0 saturated heterocycles. The van der Waals surface area contributed by atoms with Gasteiger partial charge in [-0.15, -0.1) is 0 Å². The average molecular weight is 257 g/mol. The van der Waals surface area contributed by atoms with Crippen LogP contribution in [-0.2, 0) is 0 Å². The van der Waals surface area contributed by atoms with Gasteiger partial charge >= 0.3 is 0 Å². The fraction of sp³-hybridized carbons (Fsp3) is 0.462. The summed E-state index contributed by atoms with van der Waals surface area (Å²) in [7, 11) is 0. The van der Waals surface area contributed by atoms with Gasteiger partial charge in [0.05, 0.1) is 5.56 Å². The monoisotopic (exact) mass is 257 g/mol. The summed E-state index contributed by atoms with van der Waals surface area (Å²) in [5, 5.41) is 11.3. The molecule has 1 atom stereocenters. The highest BCUT2D eigenvalue weighted by molar-refractivity contribution is 5.94. The lowest BCUT2D eigenvalue weighted by Gasteiger charge is -2.09. The van der Waals surface area contributed by atoms with Crippen molar-refractivity contribution in [2.45, 2.75) is 19.8 Å². The number of aliphatic hydroxyl groups is 1. The Hall–Kier alpha value is -1.49. The van der Waals surface area contributed by atoms with Crippen LogP contribution in [0.15, 0.2) is 18.2 Å². The Bertz CT molecular complexity index is 410. The third-order valence-corrected chi connectivity index (χ3v) is 2.67. The number of hydrogen-bond acceptors (Lipinski definition) is 2. The quantitative estimate of drug-likeness (QED) is 0.767. The zero-order valence-corrected chi connectivity index (χ0v) is 10.2. The van der Waals surface area contributed by atoms with Gasteiger partial charge in [0.25, 0.3) is 5.91 Å². The minimum absolute atomic E-state index is 0.104. The molecular formula is C13H17F2NO2.